The largest absolute Gasteiger partial charge is 0.457 e. The van der Waals surface area contributed by atoms with E-state index in [1.54, 1.807) is 6.92 Å². The summed E-state index contributed by atoms with van der Waals surface area (Å²) in [5.41, 5.74) is -2.60. The van der Waals surface area contributed by atoms with Crippen LogP contribution in [-0.2, 0) is 23.8 Å². The Balaban J connectivity index is 1.78. The molecule has 21 heavy (non-hydrogen) atoms. The van der Waals surface area contributed by atoms with Crippen molar-refractivity contribution in [3.63, 3.8) is 0 Å². The van der Waals surface area contributed by atoms with Gasteiger partial charge in [-0.25, -0.2) is 4.79 Å². The first-order valence-corrected chi connectivity index (χ1v) is 7.26. The van der Waals surface area contributed by atoms with E-state index < -0.39 is 46.7 Å². The fourth-order valence-corrected chi connectivity index (χ4v) is 5.59. The molecule has 1 spiro atoms. The predicted molar refractivity (Wildman–Crippen MR) is 66.8 cm³/mol. The van der Waals surface area contributed by atoms with Gasteiger partial charge in [-0.2, -0.15) is 0 Å². The van der Waals surface area contributed by atoms with E-state index in [0.29, 0.717) is 0 Å². The second-order valence-corrected chi connectivity index (χ2v) is 7.25. The predicted octanol–water partition coefficient (Wildman–Crippen LogP) is -0.0620. The number of ether oxygens (including phenoxy) is 3. The lowest BCUT2D eigenvalue weighted by molar-refractivity contribution is -0.195. The van der Waals surface area contributed by atoms with Crippen molar-refractivity contribution in [2.45, 2.75) is 49.8 Å². The average molecular weight is 292 g/mol. The first-order valence-electron chi connectivity index (χ1n) is 7.26. The van der Waals surface area contributed by atoms with E-state index in [1.165, 1.54) is 0 Å². The van der Waals surface area contributed by atoms with E-state index in [0.717, 1.165) is 5.57 Å². The molecular formula is C15H16O6. The Hall–Kier alpha value is -1.40. The van der Waals surface area contributed by atoms with Gasteiger partial charge in [-0.1, -0.05) is 12.2 Å². The fourth-order valence-electron chi connectivity index (χ4n) is 5.59. The maximum atomic E-state index is 12.3. The Bertz CT molecular complexity index is 642. The molecule has 112 valence electrons. The van der Waals surface area contributed by atoms with Crippen molar-refractivity contribution in [3.05, 3.63) is 12.2 Å². The number of aliphatic hydroxyl groups is 1. The van der Waals surface area contributed by atoms with E-state index in [4.69, 9.17) is 14.2 Å². The van der Waals surface area contributed by atoms with E-state index >= 15 is 0 Å². The quantitative estimate of drug-likeness (QED) is 0.414. The van der Waals surface area contributed by atoms with Crippen molar-refractivity contribution in [2.75, 3.05) is 0 Å². The molecule has 0 aromatic heterocycles. The highest BCUT2D eigenvalue weighted by atomic mass is 16.7. The lowest BCUT2D eigenvalue weighted by Crippen LogP contribution is -2.66. The average Bonchev–Trinajstić information content (AvgIpc) is 2.86. The molecule has 5 fully saturated rings. The summed E-state index contributed by atoms with van der Waals surface area (Å²) in [7, 11) is 0. The minimum Gasteiger partial charge on any atom is -0.457 e. The third-order valence-electron chi connectivity index (χ3n) is 6.60. The second kappa shape index (κ2) is 2.90. The van der Waals surface area contributed by atoms with Crippen LogP contribution >= 0.6 is 0 Å². The number of esters is 2. The molecule has 5 rings (SSSR count). The van der Waals surface area contributed by atoms with E-state index in [-0.39, 0.29) is 18.4 Å². The molecule has 0 aromatic rings. The third kappa shape index (κ3) is 0.874. The van der Waals surface area contributed by atoms with Crippen molar-refractivity contribution < 1.29 is 28.9 Å². The van der Waals surface area contributed by atoms with Crippen LogP contribution in [0.1, 0.15) is 20.3 Å². The van der Waals surface area contributed by atoms with Gasteiger partial charge in [0, 0.05) is 12.3 Å². The van der Waals surface area contributed by atoms with E-state index in [1.807, 2.05) is 6.92 Å². The number of carbonyl (C=O) groups is 2. The van der Waals surface area contributed by atoms with Gasteiger partial charge < -0.3 is 19.3 Å². The molecule has 6 nitrogen and oxygen atoms in total. The van der Waals surface area contributed by atoms with Gasteiger partial charge in [0.05, 0.1) is 16.9 Å². The summed E-state index contributed by atoms with van der Waals surface area (Å²) >= 11 is 0. The summed E-state index contributed by atoms with van der Waals surface area (Å²) < 4.78 is 16.6. The number of epoxide rings is 1. The topological polar surface area (TPSA) is 85.4 Å². The van der Waals surface area contributed by atoms with E-state index in [9.17, 15) is 14.7 Å². The Morgan fingerprint density at radius 3 is 2.76 bits per heavy atom. The third-order valence-corrected chi connectivity index (χ3v) is 6.60. The molecule has 3 saturated heterocycles. The van der Waals surface area contributed by atoms with Crippen LogP contribution in [0, 0.1) is 17.3 Å². The summed E-state index contributed by atoms with van der Waals surface area (Å²) in [6.07, 6.45) is -1.34. The molecule has 0 radical (unpaired) electrons. The van der Waals surface area contributed by atoms with Gasteiger partial charge in [-0.05, 0) is 13.8 Å². The molecule has 2 saturated carbocycles. The highest BCUT2D eigenvalue weighted by Gasteiger charge is 2.95. The van der Waals surface area contributed by atoms with Crippen LogP contribution < -0.4 is 0 Å². The van der Waals surface area contributed by atoms with Gasteiger partial charge in [0.1, 0.15) is 12.2 Å². The molecule has 5 aliphatic rings. The Labute approximate surface area is 121 Å². The molecular weight excluding hydrogens is 276 g/mol. The van der Waals surface area contributed by atoms with Gasteiger partial charge in [0.25, 0.3) is 0 Å². The maximum absolute atomic E-state index is 12.3. The molecule has 3 aliphatic heterocycles. The molecule has 1 N–H and O–H groups in total. The smallest absolute Gasteiger partial charge is 0.342 e. The zero-order valence-corrected chi connectivity index (χ0v) is 11.8. The zero-order valence-electron chi connectivity index (χ0n) is 11.8. The van der Waals surface area contributed by atoms with Crippen molar-refractivity contribution in [3.8, 4) is 0 Å². The van der Waals surface area contributed by atoms with Crippen molar-refractivity contribution in [1.29, 1.82) is 0 Å². The first kappa shape index (κ1) is 12.2. The Morgan fingerprint density at radius 2 is 2.10 bits per heavy atom. The summed E-state index contributed by atoms with van der Waals surface area (Å²) in [5.74, 6) is -1.86. The number of hydrogen-bond donors (Lipinski definition) is 1. The van der Waals surface area contributed by atoms with Gasteiger partial charge in [0.15, 0.2) is 6.10 Å². The van der Waals surface area contributed by atoms with Gasteiger partial charge in [0.2, 0.25) is 5.60 Å². The van der Waals surface area contributed by atoms with Crippen LogP contribution in [0.2, 0.25) is 0 Å². The Morgan fingerprint density at radius 1 is 1.38 bits per heavy atom. The summed E-state index contributed by atoms with van der Waals surface area (Å²) in [5, 5.41) is 11.4. The number of fused-ring (bicyclic) bond motifs is 4. The normalized spacial score (nSPS) is 62.0. The highest BCUT2D eigenvalue weighted by Crippen LogP contribution is 2.76. The molecule has 0 aromatic carbocycles. The second-order valence-electron chi connectivity index (χ2n) is 7.25. The van der Waals surface area contributed by atoms with Crippen molar-refractivity contribution >= 4 is 11.9 Å². The van der Waals surface area contributed by atoms with Crippen LogP contribution in [0.5, 0.6) is 0 Å². The lowest BCUT2D eigenvalue weighted by Gasteiger charge is -2.51. The molecule has 0 amide bonds. The first-order chi connectivity index (χ1) is 9.79. The molecule has 2 bridgehead atoms. The monoisotopic (exact) mass is 292 g/mol. The molecule has 8 atom stereocenters. The standard InChI is InChI=1S/C15H16O6/c1-5(2)7-8-11(16)19-9(7)10-13(3)14(8,18)4-6-15(13,21-6)12(17)20-10/h6-10,18H,1,4H2,2-3H3/t6-,7?,8-,9-,10-,13-,14-,15+/m1/s1. The zero-order chi connectivity index (χ0) is 14.9. The van der Waals surface area contributed by atoms with Crippen molar-refractivity contribution in [1.82, 2.24) is 0 Å². The maximum Gasteiger partial charge on any atom is 0.342 e. The van der Waals surface area contributed by atoms with Crippen LogP contribution in [0.3, 0.4) is 0 Å². The lowest BCUT2D eigenvalue weighted by atomic mass is 9.53. The summed E-state index contributed by atoms with van der Waals surface area (Å²) in [4.78, 5) is 24.7. The van der Waals surface area contributed by atoms with E-state index in [2.05, 4.69) is 6.58 Å². The van der Waals surface area contributed by atoms with Gasteiger partial charge in [-0.3, -0.25) is 4.79 Å². The minimum atomic E-state index is -1.35. The van der Waals surface area contributed by atoms with Crippen LogP contribution in [-0.4, -0.2) is 46.6 Å². The van der Waals surface area contributed by atoms with Gasteiger partial charge >= 0.3 is 11.9 Å². The minimum absolute atomic E-state index is 0.269. The van der Waals surface area contributed by atoms with Crippen LogP contribution in [0.25, 0.3) is 0 Å². The highest BCUT2D eigenvalue weighted by molar-refractivity contribution is 5.91. The molecule has 2 aliphatic carbocycles. The van der Waals surface area contributed by atoms with Crippen LogP contribution in [0.15, 0.2) is 12.2 Å². The Kier molecular flexibility index (Phi) is 1.68. The number of hydrogen-bond acceptors (Lipinski definition) is 6. The van der Waals surface area contributed by atoms with Crippen molar-refractivity contribution in [2.24, 2.45) is 17.3 Å². The molecule has 6 heteroatoms. The molecule has 1 unspecified atom stereocenters. The van der Waals surface area contributed by atoms with Crippen LogP contribution in [0.4, 0.5) is 0 Å². The van der Waals surface area contributed by atoms with Gasteiger partial charge in [-0.15, -0.1) is 0 Å². The summed E-state index contributed by atoms with van der Waals surface area (Å²) in [6, 6.07) is 0. The molecule has 3 heterocycles. The number of carbonyl (C=O) groups excluding carboxylic acids is 2. The summed E-state index contributed by atoms with van der Waals surface area (Å²) in [6.45, 7) is 7.55. The SMILES string of the molecule is C=C(C)C1[C@H]2OC(=O)[C@@H]1[C@]1(O)C[C@H]3O[C@]34C(=O)O[C@H]2[C@]14C. The number of rotatable bonds is 1. The fraction of sp³-hybridized carbons (Fsp3) is 0.733.